The highest BCUT2D eigenvalue weighted by molar-refractivity contribution is 5.83. The predicted octanol–water partition coefficient (Wildman–Crippen LogP) is 4.46. The van der Waals surface area contributed by atoms with Crippen molar-refractivity contribution in [3.05, 3.63) is 65.9 Å². The van der Waals surface area contributed by atoms with E-state index in [1.54, 1.807) is 7.05 Å². The van der Waals surface area contributed by atoms with Gasteiger partial charge in [0.25, 0.3) is 0 Å². The summed E-state index contributed by atoms with van der Waals surface area (Å²) in [4.78, 5) is 8.89. The minimum Gasteiger partial charge on any atom is -0.490 e. The minimum absolute atomic E-state index is 0.0386. The van der Waals surface area contributed by atoms with E-state index >= 15 is 0 Å². The highest BCUT2D eigenvalue weighted by atomic mass is 16.5. The quantitative estimate of drug-likeness (QED) is 0.427. The molecule has 6 nitrogen and oxygen atoms in total. The Morgan fingerprint density at radius 2 is 1.80 bits per heavy atom. The van der Waals surface area contributed by atoms with E-state index in [0.29, 0.717) is 19.8 Å². The lowest BCUT2D eigenvalue weighted by Gasteiger charge is -2.20. The van der Waals surface area contributed by atoms with Crippen LogP contribution in [0, 0.1) is 0 Å². The van der Waals surface area contributed by atoms with Crippen LogP contribution in [0.4, 0.5) is 0 Å². The molecule has 0 saturated heterocycles. The molecule has 3 aromatic rings. The Bertz CT molecular complexity index is 998. The number of para-hydroxylation sites is 1. The van der Waals surface area contributed by atoms with Gasteiger partial charge in [-0.3, -0.25) is 9.98 Å². The molecule has 30 heavy (non-hydrogen) atoms. The van der Waals surface area contributed by atoms with Crippen LogP contribution in [0.2, 0.25) is 0 Å². The van der Waals surface area contributed by atoms with E-state index in [4.69, 9.17) is 9.47 Å². The van der Waals surface area contributed by atoms with E-state index in [0.717, 1.165) is 39.5 Å². The molecular formula is C24H30N4O2. The SMILES string of the molecule is CCOc1ccc(C(C)NC(=NC)NCc2cccc3cccnc23)cc1OCC. The Labute approximate surface area is 178 Å². The van der Waals surface area contributed by atoms with Crippen LogP contribution in [-0.4, -0.2) is 31.2 Å². The van der Waals surface area contributed by atoms with Gasteiger partial charge in [-0.25, -0.2) is 0 Å². The van der Waals surface area contributed by atoms with Crippen LogP contribution < -0.4 is 20.1 Å². The Morgan fingerprint density at radius 3 is 2.57 bits per heavy atom. The number of pyridine rings is 1. The maximum Gasteiger partial charge on any atom is 0.191 e. The molecule has 6 heteroatoms. The molecule has 0 amide bonds. The number of nitrogens with one attached hydrogen (secondary N) is 2. The van der Waals surface area contributed by atoms with E-state index in [2.05, 4.69) is 51.8 Å². The topological polar surface area (TPSA) is 67.8 Å². The zero-order valence-electron chi connectivity index (χ0n) is 18.1. The summed E-state index contributed by atoms with van der Waals surface area (Å²) in [6.07, 6.45) is 1.82. The number of benzene rings is 2. The summed E-state index contributed by atoms with van der Waals surface area (Å²) in [5.41, 5.74) is 3.23. The fourth-order valence-corrected chi connectivity index (χ4v) is 3.31. The maximum absolute atomic E-state index is 5.75. The summed E-state index contributed by atoms with van der Waals surface area (Å²) >= 11 is 0. The number of guanidine groups is 1. The molecule has 0 fully saturated rings. The van der Waals surface area contributed by atoms with Crippen LogP contribution in [0.3, 0.4) is 0 Å². The van der Waals surface area contributed by atoms with Gasteiger partial charge in [-0.2, -0.15) is 0 Å². The van der Waals surface area contributed by atoms with Crippen LogP contribution in [0.5, 0.6) is 11.5 Å². The molecule has 158 valence electrons. The molecule has 1 heterocycles. The van der Waals surface area contributed by atoms with Crippen molar-refractivity contribution in [1.82, 2.24) is 15.6 Å². The first-order valence-corrected chi connectivity index (χ1v) is 10.4. The molecule has 0 aliphatic carbocycles. The third-order valence-electron chi connectivity index (χ3n) is 4.81. The summed E-state index contributed by atoms with van der Waals surface area (Å²) in [5.74, 6) is 2.25. The second-order valence-corrected chi connectivity index (χ2v) is 6.86. The van der Waals surface area contributed by atoms with E-state index < -0.39 is 0 Å². The Morgan fingerprint density at radius 1 is 1.03 bits per heavy atom. The van der Waals surface area contributed by atoms with Gasteiger partial charge in [0.05, 0.1) is 24.8 Å². The van der Waals surface area contributed by atoms with Crippen molar-refractivity contribution in [2.75, 3.05) is 20.3 Å². The molecule has 0 spiro atoms. The van der Waals surface area contributed by atoms with Crippen molar-refractivity contribution < 1.29 is 9.47 Å². The van der Waals surface area contributed by atoms with Crippen LogP contribution in [-0.2, 0) is 6.54 Å². The first-order chi connectivity index (χ1) is 14.7. The lowest BCUT2D eigenvalue weighted by Crippen LogP contribution is -2.38. The molecule has 3 rings (SSSR count). The lowest BCUT2D eigenvalue weighted by molar-refractivity contribution is 0.287. The third kappa shape index (κ3) is 5.20. The van der Waals surface area contributed by atoms with Crippen molar-refractivity contribution >= 4 is 16.9 Å². The fraction of sp³-hybridized carbons (Fsp3) is 0.333. The number of ether oxygens (including phenoxy) is 2. The smallest absolute Gasteiger partial charge is 0.191 e. The van der Waals surface area contributed by atoms with Crippen LogP contribution >= 0.6 is 0 Å². The van der Waals surface area contributed by atoms with Gasteiger partial charge < -0.3 is 20.1 Å². The van der Waals surface area contributed by atoms with Crippen LogP contribution in [0.15, 0.2) is 59.7 Å². The minimum atomic E-state index is 0.0386. The number of aliphatic imine (C=N–C) groups is 1. The zero-order chi connectivity index (χ0) is 21.3. The maximum atomic E-state index is 5.75. The van der Waals surface area contributed by atoms with E-state index in [1.165, 1.54) is 0 Å². The fourth-order valence-electron chi connectivity index (χ4n) is 3.31. The molecule has 1 unspecified atom stereocenters. The van der Waals surface area contributed by atoms with Crippen LogP contribution in [0.1, 0.15) is 37.9 Å². The number of aromatic nitrogens is 1. The molecule has 2 N–H and O–H groups in total. The van der Waals surface area contributed by atoms with Crippen molar-refractivity contribution in [1.29, 1.82) is 0 Å². The average molecular weight is 407 g/mol. The summed E-state index contributed by atoms with van der Waals surface area (Å²) in [6.45, 7) is 7.86. The van der Waals surface area contributed by atoms with Gasteiger partial charge >= 0.3 is 0 Å². The highest BCUT2D eigenvalue weighted by Crippen LogP contribution is 2.30. The van der Waals surface area contributed by atoms with Gasteiger partial charge in [0.1, 0.15) is 0 Å². The molecule has 0 radical (unpaired) electrons. The summed E-state index contributed by atoms with van der Waals surface area (Å²) in [7, 11) is 1.77. The van der Waals surface area contributed by atoms with Gasteiger partial charge in [-0.1, -0.05) is 30.3 Å². The standard InChI is InChI=1S/C24H30N4O2/c1-5-29-21-13-12-19(15-22(21)30-6-2)17(3)28-24(25-4)27-16-20-10-7-9-18-11-8-14-26-23(18)20/h7-15,17H,5-6,16H2,1-4H3,(H2,25,27,28). The molecule has 2 aromatic carbocycles. The second kappa shape index (κ2) is 10.5. The first-order valence-electron chi connectivity index (χ1n) is 10.4. The van der Waals surface area contributed by atoms with Gasteiger partial charge in [-0.15, -0.1) is 0 Å². The van der Waals surface area contributed by atoms with Crippen molar-refractivity contribution in [3.8, 4) is 11.5 Å². The number of nitrogens with zero attached hydrogens (tertiary/aromatic N) is 2. The number of rotatable bonds is 8. The molecule has 0 aliphatic rings. The monoisotopic (exact) mass is 406 g/mol. The number of fused-ring (bicyclic) bond motifs is 1. The van der Waals surface area contributed by atoms with Crippen LogP contribution in [0.25, 0.3) is 10.9 Å². The molecular weight excluding hydrogens is 376 g/mol. The third-order valence-corrected chi connectivity index (χ3v) is 4.81. The largest absolute Gasteiger partial charge is 0.490 e. The Hall–Kier alpha value is -3.28. The predicted molar refractivity (Wildman–Crippen MR) is 122 cm³/mol. The molecule has 1 atom stereocenters. The van der Waals surface area contributed by atoms with E-state index in [1.807, 2.05) is 44.3 Å². The van der Waals surface area contributed by atoms with E-state index in [-0.39, 0.29) is 6.04 Å². The Balaban J connectivity index is 1.69. The first kappa shape index (κ1) is 21.4. The zero-order valence-corrected chi connectivity index (χ0v) is 18.1. The van der Waals surface area contributed by atoms with Crippen molar-refractivity contribution in [3.63, 3.8) is 0 Å². The Kier molecular flexibility index (Phi) is 7.49. The average Bonchev–Trinajstić information content (AvgIpc) is 2.78. The van der Waals surface area contributed by atoms with Crippen molar-refractivity contribution in [2.24, 2.45) is 4.99 Å². The second-order valence-electron chi connectivity index (χ2n) is 6.86. The molecule has 0 aliphatic heterocycles. The highest BCUT2D eigenvalue weighted by Gasteiger charge is 2.13. The lowest BCUT2D eigenvalue weighted by atomic mass is 10.1. The number of hydrogen-bond donors (Lipinski definition) is 2. The van der Waals surface area contributed by atoms with Gasteiger partial charge in [0, 0.05) is 25.2 Å². The summed E-state index contributed by atoms with van der Waals surface area (Å²) in [6, 6.07) is 16.3. The molecule has 0 bridgehead atoms. The normalized spacial score (nSPS) is 12.5. The van der Waals surface area contributed by atoms with Crippen molar-refractivity contribution in [2.45, 2.75) is 33.4 Å². The van der Waals surface area contributed by atoms with Gasteiger partial charge in [0.2, 0.25) is 0 Å². The number of hydrogen-bond acceptors (Lipinski definition) is 4. The van der Waals surface area contributed by atoms with Gasteiger partial charge in [-0.05, 0) is 50.1 Å². The molecule has 1 aromatic heterocycles. The summed E-state index contributed by atoms with van der Waals surface area (Å²) in [5, 5.41) is 7.97. The van der Waals surface area contributed by atoms with E-state index in [9.17, 15) is 0 Å². The van der Waals surface area contributed by atoms with Gasteiger partial charge in [0.15, 0.2) is 17.5 Å². The summed E-state index contributed by atoms with van der Waals surface area (Å²) < 4.78 is 11.4. The molecule has 0 saturated carbocycles.